The fourth-order valence-electron chi connectivity index (χ4n) is 4.46. The molecule has 0 aliphatic rings. The number of anilines is 1. The van der Waals surface area contributed by atoms with Gasteiger partial charge in [0.15, 0.2) is 0 Å². The fraction of sp³-hybridized carbons (Fsp3) is 0.250. The first-order valence-electron chi connectivity index (χ1n) is 9.87. The quantitative estimate of drug-likeness (QED) is 0.222. The number of aryl methyl sites for hydroxylation is 6. The van der Waals surface area contributed by atoms with Gasteiger partial charge in [0, 0.05) is 0 Å². The van der Waals surface area contributed by atoms with Crippen molar-refractivity contribution in [1.82, 2.24) is 0 Å². The Balaban J connectivity index is 2.33. The molecule has 0 aromatic heterocycles. The third-order valence-electron chi connectivity index (χ3n) is 5.55. The Labute approximate surface area is 184 Å². The summed E-state index contributed by atoms with van der Waals surface area (Å²) in [5.41, 5.74) is 4.83. The zero-order valence-corrected chi connectivity index (χ0v) is 20.7. The van der Waals surface area contributed by atoms with E-state index in [4.69, 9.17) is 0 Å². The molecule has 0 saturated carbocycles. The molecule has 3 aromatic carbocycles. The van der Waals surface area contributed by atoms with Crippen molar-refractivity contribution in [3.8, 4) is 0 Å². The molecule has 3 aromatic rings. The van der Waals surface area contributed by atoms with Gasteiger partial charge in [0.2, 0.25) is 0 Å². The van der Waals surface area contributed by atoms with Crippen LogP contribution in [0.4, 0.5) is 27.6 Å². The van der Waals surface area contributed by atoms with Gasteiger partial charge in [0.1, 0.15) is 0 Å². The Kier molecular flexibility index (Phi) is 6.58. The van der Waals surface area contributed by atoms with E-state index in [1.54, 1.807) is 0 Å². The number of hydrogen-bond donors (Lipinski definition) is 1. The van der Waals surface area contributed by atoms with Crippen LogP contribution in [0.3, 0.4) is 0 Å². The Bertz CT molecular complexity index is 1060. The summed E-state index contributed by atoms with van der Waals surface area (Å²) in [6.45, 7) is 11.5. The second-order valence-electron chi connectivity index (χ2n) is 8.15. The second-order valence-corrected chi connectivity index (χ2v) is 13.0. The topological polar surface area (TPSA) is 12.0 Å². The predicted octanol–water partition coefficient (Wildman–Crippen LogP) is 5.45. The van der Waals surface area contributed by atoms with Crippen LogP contribution in [0.2, 0.25) is 0 Å². The SMILES string of the molecule is Cc1cc(C)[c]([Ga]([NH]c2c(F)c(F)c(F)c(F)c2F)[c]2c(C)cc(C)cc2C)c(C)c1. The van der Waals surface area contributed by atoms with Gasteiger partial charge in [-0.3, -0.25) is 0 Å². The summed E-state index contributed by atoms with van der Waals surface area (Å²) < 4.78 is 75.2. The van der Waals surface area contributed by atoms with E-state index in [0.29, 0.717) is 0 Å². The molecule has 0 spiro atoms. The maximum atomic E-state index is 14.6. The van der Waals surface area contributed by atoms with Crippen LogP contribution in [0, 0.1) is 70.6 Å². The van der Waals surface area contributed by atoms with Crippen LogP contribution in [0.5, 0.6) is 0 Å². The molecule has 162 valence electrons. The van der Waals surface area contributed by atoms with E-state index in [1.165, 1.54) is 0 Å². The molecule has 7 heteroatoms. The summed E-state index contributed by atoms with van der Waals surface area (Å²) in [5, 5.41) is 0. The van der Waals surface area contributed by atoms with Gasteiger partial charge in [-0.25, -0.2) is 0 Å². The van der Waals surface area contributed by atoms with Crippen LogP contribution >= 0.6 is 0 Å². The van der Waals surface area contributed by atoms with Gasteiger partial charge in [-0.15, -0.1) is 0 Å². The zero-order chi connectivity index (χ0) is 23.2. The molecule has 0 fully saturated rings. The molecular weight excluding hydrogens is 467 g/mol. The van der Waals surface area contributed by atoms with E-state index >= 15 is 0 Å². The molecule has 0 bridgehead atoms. The van der Waals surface area contributed by atoms with E-state index in [-0.39, 0.29) is 0 Å². The van der Waals surface area contributed by atoms with Gasteiger partial charge in [0.25, 0.3) is 0 Å². The van der Waals surface area contributed by atoms with E-state index in [0.717, 1.165) is 41.6 Å². The second kappa shape index (κ2) is 8.71. The molecule has 0 amide bonds. The van der Waals surface area contributed by atoms with Gasteiger partial charge in [-0.1, -0.05) is 0 Å². The summed E-state index contributed by atoms with van der Waals surface area (Å²) in [7, 11) is 0. The standard InChI is InChI=1S/2C9H11.C6HF5N.Ga/c2*1-7-4-8(2)6-9(3)5-7;7-1-2(8)4(10)6(12)5(11)3(1)9;/h2*4-5H,1-3H3;12H;/q;;-1;+1. The Morgan fingerprint density at radius 3 is 1.13 bits per heavy atom. The molecule has 0 radical (unpaired) electrons. The molecule has 0 aliphatic heterocycles. The van der Waals surface area contributed by atoms with Crippen molar-refractivity contribution in [3.05, 3.63) is 86.7 Å². The molecule has 1 N–H and O–H groups in total. The van der Waals surface area contributed by atoms with Crippen LogP contribution in [0.15, 0.2) is 24.3 Å². The first kappa shape index (κ1) is 23.4. The molecule has 1 nitrogen and oxygen atoms in total. The van der Waals surface area contributed by atoms with Crippen molar-refractivity contribution in [1.29, 1.82) is 0 Å². The van der Waals surface area contributed by atoms with Crippen LogP contribution < -0.4 is 12.3 Å². The molecule has 31 heavy (non-hydrogen) atoms. The summed E-state index contributed by atoms with van der Waals surface area (Å²) >= 11 is -3.32. The fourth-order valence-corrected chi connectivity index (χ4v) is 11.3. The van der Waals surface area contributed by atoms with E-state index < -0.39 is 51.2 Å². The molecule has 0 atom stereocenters. The zero-order valence-electron chi connectivity index (χ0n) is 18.3. The molecule has 0 saturated heterocycles. The predicted molar refractivity (Wildman–Crippen MR) is 116 cm³/mol. The van der Waals surface area contributed by atoms with Crippen molar-refractivity contribution >= 4 is 30.4 Å². The average molecular weight is 490 g/mol. The number of halogens is 5. The van der Waals surface area contributed by atoms with Crippen LogP contribution in [0.1, 0.15) is 33.4 Å². The van der Waals surface area contributed by atoms with Crippen molar-refractivity contribution in [2.24, 2.45) is 0 Å². The van der Waals surface area contributed by atoms with E-state index in [1.807, 2.05) is 65.8 Å². The first-order chi connectivity index (χ1) is 14.4. The van der Waals surface area contributed by atoms with Crippen molar-refractivity contribution in [2.45, 2.75) is 41.5 Å². The molecular formula is C24H23F5GaN. The monoisotopic (exact) mass is 489 g/mol. The molecule has 0 unspecified atom stereocenters. The number of nitrogens with one attached hydrogen (secondary N) is 1. The van der Waals surface area contributed by atoms with Gasteiger partial charge < -0.3 is 0 Å². The number of hydrogen-bond acceptors (Lipinski definition) is 1. The Morgan fingerprint density at radius 1 is 0.516 bits per heavy atom. The van der Waals surface area contributed by atoms with Gasteiger partial charge in [0.05, 0.1) is 0 Å². The summed E-state index contributed by atoms with van der Waals surface area (Å²) in [4.78, 5) is 0. The normalized spacial score (nSPS) is 11.1. The summed E-state index contributed by atoms with van der Waals surface area (Å²) in [6.07, 6.45) is 0. The number of benzene rings is 3. The first-order valence-corrected chi connectivity index (χ1v) is 13.5. The number of rotatable bonds is 4. The van der Waals surface area contributed by atoms with Crippen molar-refractivity contribution in [2.75, 3.05) is 4.02 Å². The van der Waals surface area contributed by atoms with Gasteiger partial charge in [-0.2, -0.15) is 0 Å². The van der Waals surface area contributed by atoms with E-state index in [9.17, 15) is 22.0 Å². The van der Waals surface area contributed by atoms with Crippen LogP contribution in [-0.2, 0) is 0 Å². The van der Waals surface area contributed by atoms with Crippen molar-refractivity contribution < 1.29 is 22.0 Å². The summed E-state index contributed by atoms with van der Waals surface area (Å²) in [5.74, 6) is -9.72. The van der Waals surface area contributed by atoms with Gasteiger partial charge in [-0.05, 0) is 0 Å². The molecule has 3 rings (SSSR count). The van der Waals surface area contributed by atoms with Crippen molar-refractivity contribution in [3.63, 3.8) is 0 Å². The molecule has 0 aliphatic carbocycles. The van der Waals surface area contributed by atoms with Crippen LogP contribution in [-0.4, -0.2) is 16.5 Å². The third kappa shape index (κ3) is 4.25. The van der Waals surface area contributed by atoms with E-state index in [2.05, 4.69) is 4.02 Å². The van der Waals surface area contributed by atoms with Crippen LogP contribution in [0.25, 0.3) is 0 Å². The minimum absolute atomic E-state index is 0.914. The molecule has 0 heterocycles. The third-order valence-corrected chi connectivity index (χ3v) is 13.0. The minimum atomic E-state index is -3.32. The summed E-state index contributed by atoms with van der Waals surface area (Å²) in [6, 6.07) is 7.89. The average Bonchev–Trinajstić information content (AvgIpc) is 2.66. The Hall–Kier alpha value is -2.25. The Morgan fingerprint density at radius 2 is 0.806 bits per heavy atom. The maximum absolute atomic E-state index is 14.6. The van der Waals surface area contributed by atoms with Gasteiger partial charge >= 0.3 is 185 Å².